The van der Waals surface area contributed by atoms with Gasteiger partial charge in [0.05, 0.1) is 7.11 Å². The van der Waals surface area contributed by atoms with Gasteiger partial charge in [0.25, 0.3) is 5.91 Å². The fraction of sp³-hybridized carbons (Fsp3) is 0.364. The van der Waals surface area contributed by atoms with Gasteiger partial charge in [-0.15, -0.1) is 0 Å². The minimum absolute atomic E-state index is 0.0533. The molecule has 0 radical (unpaired) electrons. The average molecular weight is 363 g/mol. The molecule has 0 unspecified atom stereocenters. The summed E-state index contributed by atoms with van der Waals surface area (Å²) in [5.74, 6) is 0.824. The molecule has 1 spiro atoms. The van der Waals surface area contributed by atoms with E-state index in [-0.39, 0.29) is 5.91 Å². The topological polar surface area (TPSA) is 53.9 Å². The van der Waals surface area contributed by atoms with Gasteiger partial charge in [-0.05, 0) is 24.6 Å². The fourth-order valence-electron chi connectivity index (χ4n) is 3.78. The number of rotatable bonds is 4. The molecule has 2 aliphatic heterocycles. The first-order valence-electron chi connectivity index (χ1n) is 9.42. The summed E-state index contributed by atoms with van der Waals surface area (Å²) in [6.07, 6.45) is 1.68. The maximum absolute atomic E-state index is 12.5. The predicted molar refractivity (Wildman–Crippen MR) is 106 cm³/mol. The summed E-state index contributed by atoms with van der Waals surface area (Å²) in [6.45, 7) is 4.77. The largest absolute Gasteiger partial charge is 0.497 e. The number of carbonyl (C=O) groups excluding carboxylic acids is 1. The third kappa shape index (κ3) is 3.74. The Kier molecular flexibility index (Phi) is 4.70. The molecule has 0 bridgehead atoms. The minimum atomic E-state index is -0.437. The molecule has 1 saturated heterocycles. The Balaban J connectivity index is 1.42. The number of ether oxygens (including phenoxy) is 1. The normalized spacial score (nSPS) is 19.0. The maximum atomic E-state index is 12.5. The molecule has 0 aliphatic carbocycles. The molecule has 2 heterocycles. The van der Waals surface area contributed by atoms with Gasteiger partial charge in [0.1, 0.15) is 17.1 Å². The number of aryl methyl sites for hydroxylation is 1. The molecule has 0 saturated carbocycles. The number of nitrogens with one attached hydrogen (secondary N) is 1. The van der Waals surface area contributed by atoms with Gasteiger partial charge in [-0.1, -0.05) is 42.0 Å². The molecule has 1 N–H and O–H groups in total. The second-order valence-corrected chi connectivity index (χ2v) is 7.44. The van der Waals surface area contributed by atoms with Gasteiger partial charge >= 0.3 is 0 Å². The zero-order chi connectivity index (χ0) is 18.9. The smallest absolute Gasteiger partial charge is 0.272 e. The molecule has 140 valence electrons. The highest BCUT2D eigenvalue weighted by Crippen LogP contribution is 2.29. The zero-order valence-electron chi connectivity index (χ0n) is 15.9. The number of hydrogen-bond donors (Lipinski definition) is 1. The molecular weight excluding hydrogens is 338 g/mol. The first-order chi connectivity index (χ1) is 13.1. The second kappa shape index (κ2) is 7.16. The van der Waals surface area contributed by atoms with E-state index in [2.05, 4.69) is 22.3 Å². The molecule has 27 heavy (non-hydrogen) atoms. The molecule has 1 fully saturated rings. The van der Waals surface area contributed by atoms with Crippen LogP contribution in [0.4, 0.5) is 0 Å². The van der Waals surface area contributed by atoms with Crippen molar-refractivity contribution in [2.75, 3.05) is 20.2 Å². The van der Waals surface area contributed by atoms with Gasteiger partial charge in [-0.3, -0.25) is 14.7 Å². The lowest BCUT2D eigenvalue weighted by atomic mass is 9.97. The van der Waals surface area contributed by atoms with E-state index in [1.165, 1.54) is 11.1 Å². The third-order valence-electron chi connectivity index (χ3n) is 5.46. The van der Waals surface area contributed by atoms with Crippen molar-refractivity contribution in [1.29, 1.82) is 0 Å². The molecule has 2 aromatic carbocycles. The highest BCUT2D eigenvalue weighted by Gasteiger charge is 2.41. The molecule has 2 aromatic rings. The van der Waals surface area contributed by atoms with Crippen molar-refractivity contribution in [3.63, 3.8) is 0 Å². The summed E-state index contributed by atoms with van der Waals surface area (Å²) in [4.78, 5) is 19.8. The van der Waals surface area contributed by atoms with Crippen LogP contribution >= 0.6 is 0 Å². The van der Waals surface area contributed by atoms with E-state index in [0.717, 1.165) is 43.8 Å². The van der Waals surface area contributed by atoms with Crippen molar-refractivity contribution >= 4 is 11.6 Å². The summed E-state index contributed by atoms with van der Waals surface area (Å²) in [5, 5.41) is 3.15. The molecular formula is C22H25N3O2. The highest BCUT2D eigenvalue weighted by atomic mass is 16.5. The number of likely N-dealkylation sites (tertiary alicyclic amines) is 1. The van der Waals surface area contributed by atoms with Crippen LogP contribution < -0.4 is 10.1 Å². The SMILES string of the molecule is COc1ccc(CN2CCC3(CC2)N=C(c2ccc(C)cc2)C(=O)N3)cc1. The van der Waals surface area contributed by atoms with Gasteiger partial charge in [-0.2, -0.15) is 0 Å². The lowest BCUT2D eigenvalue weighted by Crippen LogP contribution is -2.50. The number of aliphatic imine (C=N–C) groups is 1. The number of piperidine rings is 1. The number of nitrogens with zero attached hydrogens (tertiary/aromatic N) is 2. The average Bonchev–Trinajstić information content (AvgIpc) is 3.01. The van der Waals surface area contributed by atoms with E-state index < -0.39 is 5.66 Å². The number of carbonyl (C=O) groups is 1. The number of methoxy groups -OCH3 is 1. The standard InChI is InChI=1S/C22H25N3O2/c1-16-3-7-18(8-4-16)20-21(26)24-22(23-20)11-13-25(14-12-22)15-17-5-9-19(27-2)10-6-17/h3-10H,11-15H2,1-2H3,(H,24,26). The molecule has 4 rings (SSSR count). The van der Waals surface area contributed by atoms with E-state index in [4.69, 9.17) is 9.73 Å². The summed E-state index contributed by atoms with van der Waals surface area (Å²) < 4.78 is 5.22. The van der Waals surface area contributed by atoms with Crippen LogP contribution in [0.1, 0.15) is 29.5 Å². The van der Waals surface area contributed by atoms with E-state index in [9.17, 15) is 4.79 Å². The Hall–Kier alpha value is -2.66. The minimum Gasteiger partial charge on any atom is -0.497 e. The fourth-order valence-corrected chi connectivity index (χ4v) is 3.78. The number of amides is 1. The first-order valence-corrected chi connectivity index (χ1v) is 9.42. The number of hydrogen-bond acceptors (Lipinski definition) is 4. The first kappa shape index (κ1) is 17.7. The van der Waals surface area contributed by atoms with E-state index in [0.29, 0.717) is 5.71 Å². The summed E-state index contributed by atoms with van der Waals surface area (Å²) in [7, 11) is 1.68. The lowest BCUT2D eigenvalue weighted by molar-refractivity contribution is -0.115. The van der Waals surface area contributed by atoms with Gasteiger partial charge in [0.2, 0.25) is 0 Å². The summed E-state index contributed by atoms with van der Waals surface area (Å²) in [6, 6.07) is 16.2. The Morgan fingerprint density at radius 1 is 1.07 bits per heavy atom. The van der Waals surface area contributed by atoms with Crippen molar-refractivity contribution in [1.82, 2.24) is 10.2 Å². The highest BCUT2D eigenvalue weighted by molar-refractivity contribution is 6.46. The van der Waals surface area contributed by atoms with E-state index in [1.54, 1.807) is 7.11 Å². The van der Waals surface area contributed by atoms with Crippen molar-refractivity contribution in [3.05, 3.63) is 65.2 Å². The van der Waals surface area contributed by atoms with Crippen LogP contribution in [0, 0.1) is 6.92 Å². The van der Waals surface area contributed by atoms with Crippen molar-refractivity contribution in [2.45, 2.75) is 32.0 Å². The Morgan fingerprint density at radius 3 is 2.37 bits per heavy atom. The van der Waals surface area contributed by atoms with Crippen LogP contribution in [0.5, 0.6) is 5.75 Å². The number of benzene rings is 2. The van der Waals surface area contributed by atoms with Gasteiger partial charge in [-0.25, -0.2) is 0 Å². The van der Waals surface area contributed by atoms with Crippen LogP contribution in [0.25, 0.3) is 0 Å². The van der Waals surface area contributed by atoms with Crippen LogP contribution in [0.2, 0.25) is 0 Å². The van der Waals surface area contributed by atoms with Gasteiger partial charge in [0, 0.05) is 38.0 Å². The third-order valence-corrected chi connectivity index (χ3v) is 5.46. The zero-order valence-corrected chi connectivity index (χ0v) is 15.9. The molecule has 5 heteroatoms. The molecule has 2 aliphatic rings. The van der Waals surface area contributed by atoms with Crippen LogP contribution in [0.3, 0.4) is 0 Å². The molecule has 5 nitrogen and oxygen atoms in total. The maximum Gasteiger partial charge on any atom is 0.272 e. The van der Waals surface area contributed by atoms with Crippen molar-refractivity contribution < 1.29 is 9.53 Å². The Morgan fingerprint density at radius 2 is 1.74 bits per heavy atom. The van der Waals surface area contributed by atoms with E-state index in [1.807, 2.05) is 43.3 Å². The van der Waals surface area contributed by atoms with Crippen LogP contribution in [-0.2, 0) is 11.3 Å². The molecule has 0 aromatic heterocycles. The second-order valence-electron chi connectivity index (χ2n) is 7.44. The lowest BCUT2D eigenvalue weighted by Gasteiger charge is -2.37. The molecule has 1 amide bonds. The Labute approximate surface area is 160 Å². The van der Waals surface area contributed by atoms with Crippen LogP contribution in [0.15, 0.2) is 53.5 Å². The summed E-state index contributed by atoms with van der Waals surface area (Å²) in [5.41, 5.74) is 3.48. The molecule has 0 atom stereocenters. The monoisotopic (exact) mass is 363 g/mol. The Bertz CT molecular complexity index is 848. The van der Waals surface area contributed by atoms with Crippen molar-refractivity contribution in [3.8, 4) is 5.75 Å². The van der Waals surface area contributed by atoms with Gasteiger partial charge < -0.3 is 10.1 Å². The summed E-state index contributed by atoms with van der Waals surface area (Å²) >= 11 is 0. The van der Waals surface area contributed by atoms with Crippen LogP contribution in [-0.4, -0.2) is 42.4 Å². The van der Waals surface area contributed by atoms with Crippen molar-refractivity contribution in [2.24, 2.45) is 4.99 Å². The predicted octanol–water partition coefficient (Wildman–Crippen LogP) is 2.91. The van der Waals surface area contributed by atoms with Gasteiger partial charge in [0.15, 0.2) is 0 Å². The quantitative estimate of drug-likeness (QED) is 0.909. The van der Waals surface area contributed by atoms with E-state index >= 15 is 0 Å².